The number of allylic oxidation sites excluding steroid dienone is 1. The van der Waals surface area contributed by atoms with E-state index in [9.17, 15) is 27.9 Å². The number of ether oxygens (including phenoxy) is 2. The maximum Gasteiger partial charge on any atom is 0.330 e. The summed E-state index contributed by atoms with van der Waals surface area (Å²) in [6, 6.07) is 5.50. The second kappa shape index (κ2) is 19.2. The van der Waals surface area contributed by atoms with Crippen LogP contribution in [0.25, 0.3) is 22.3 Å². The average Bonchev–Trinajstić information content (AvgIpc) is 3.46. The Morgan fingerprint density at radius 2 is 1.89 bits per heavy atom. The second-order valence-corrected chi connectivity index (χ2v) is 21.4. The first kappa shape index (κ1) is 47.1. The van der Waals surface area contributed by atoms with Crippen LogP contribution in [0.15, 0.2) is 41.8 Å². The van der Waals surface area contributed by atoms with Crippen LogP contribution in [-0.2, 0) is 24.4 Å². The molecular weight excluding hydrogens is 833 g/mol. The van der Waals surface area contributed by atoms with Crippen LogP contribution in [0, 0.1) is 11.3 Å². The van der Waals surface area contributed by atoms with Crippen LogP contribution in [-0.4, -0.2) is 126 Å². The van der Waals surface area contributed by atoms with Gasteiger partial charge in [0, 0.05) is 60.9 Å². The topological polar surface area (TPSA) is 204 Å². The third-order valence-corrected chi connectivity index (χ3v) is 14.1. The first-order valence-electron chi connectivity index (χ1n) is 21.5. The lowest BCUT2D eigenvalue weighted by Crippen LogP contribution is -2.60. The molecule has 4 heterocycles. The number of thiazole rings is 1. The lowest BCUT2D eigenvalue weighted by Gasteiger charge is -2.37. The lowest BCUT2D eigenvalue weighted by molar-refractivity contribution is -0.145. The molecule has 340 valence electrons. The zero-order valence-corrected chi connectivity index (χ0v) is 39.0. The Morgan fingerprint density at radius 1 is 1.13 bits per heavy atom. The van der Waals surface area contributed by atoms with Gasteiger partial charge in [0.25, 0.3) is 0 Å². The van der Waals surface area contributed by atoms with E-state index in [0.717, 1.165) is 30.8 Å². The van der Waals surface area contributed by atoms with E-state index in [4.69, 9.17) is 19.4 Å². The van der Waals surface area contributed by atoms with Gasteiger partial charge in [0.05, 0.1) is 43.3 Å². The number of carbonyl (C=O) groups is 3. The molecule has 2 fully saturated rings. The van der Waals surface area contributed by atoms with Crippen molar-refractivity contribution in [3.8, 4) is 22.9 Å². The number of aliphatic carboxylic acids is 1. The van der Waals surface area contributed by atoms with E-state index in [1.54, 1.807) is 19.1 Å². The molecule has 3 aromatic rings. The number of fused-ring (bicyclic) bond motifs is 3. The highest BCUT2D eigenvalue weighted by molar-refractivity contribution is 7.88. The molecule has 18 heteroatoms. The molecule has 2 aliphatic heterocycles. The third-order valence-electron chi connectivity index (χ3n) is 12.0. The van der Waals surface area contributed by atoms with Crippen molar-refractivity contribution in [2.45, 2.75) is 128 Å². The maximum atomic E-state index is 15.0. The van der Waals surface area contributed by atoms with Gasteiger partial charge >= 0.3 is 5.97 Å². The molecular formula is C44H64N8O8S2. The summed E-state index contributed by atoms with van der Waals surface area (Å²) in [6.45, 7) is 12.4. The zero-order valence-electron chi connectivity index (χ0n) is 37.4. The fourth-order valence-electron chi connectivity index (χ4n) is 8.20. The minimum atomic E-state index is -3.44. The van der Waals surface area contributed by atoms with Crippen LogP contribution in [0.1, 0.15) is 86.5 Å². The van der Waals surface area contributed by atoms with Gasteiger partial charge in [-0.25, -0.2) is 27.5 Å². The molecule has 7 atom stereocenters. The number of benzene rings is 1. The summed E-state index contributed by atoms with van der Waals surface area (Å²) in [4.78, 5) is 53.4. The maximum absolute atomic E-state index is 15.0. The van der Waals surface area contributed by atoms with Gasteiger partial charge in [0.1, 0.15) is 34.9 Å². The Balaban J connectivity index is 1.33. The summed E-state index contributed by atoms with van der Waals surface area (Å²) >= 11 is 1.47. The summed E-state index contributed by atoms with van der Waals surface area (Å²) in [7, 11) is -0.308. The Morgan fingerprint density at radius 3 is 2.56 bits per heavy atom. The van der Waals surface area contributed by atoms with Gasteiger partial charge in [0.15, 0.2) is 5.13 Å². The first-order valence-corrected chi connectivity index (χ1v) is 24.2. The number of nitrogens with zero attached hydrogens (tertiary/aromatic N) is 4. The van der Waals surface area contributed by atoms with Crippen molar-refractivity contribution in [2.24, 2.45) is 11.3 Å². The largest absolute Gasteiger partial charge is 0.497 e. The number of anilines is 1. The number of hydrogen-bond donors (Lipinski definition) is 5. The van der Waals surface area contributed by atoms with Gasteiger partial charge in [-0.3, -0.25) is 20.2 Å². The van der Waals surface area contributed by atoms with Crippen LogP contribution in [0.2, 0.25) is 0 Å². The molecule has 2 amide bonds. The number of sulfonamides is 1. The number of hydrogen-bond acceptors (Lipinski definition) is 13. The van der Waals surface area contributed by atoms with E-state index < -0.39 is 51.8 Å². The fourth-order valence-corrected chi connectivity index (χ4v) is 9.48. The van der Waals surface area contributed by atoms with Crippen molar-refractivity contribution >= 4 is 55.2 Å². The molecule has 1 saturated carbocycles. The van der Waals surface area contributed by atoms with Gasteiger partial charge in [0.2, 0.25) is 21.8 Å². The predicted octanol–water partition coefficient (Wildman–Crippen LogP) is 5.22. The van der Waals surface area contributed by atoms with Crippen LogP contribution < -0.4 is 30.7 Å². The van der Waals surface area contributed by atoms with E-state index >= 15 is 0 Å². The monoisotopic (exact) mass is 896 g/mol. The number of amides is 2. The number of nitrogens with one attached hydrogen (secondary N) is 4. The van der Waals surface area contributed by atoms with Crippen molar-refractivity contribution in [2.75, 3.05) is 38.8 Å². The highest BCUT2D eigenvalue weighted by Crippen LogP contribution is 2.45. The number of methoxy groups -OCH3 is 1. The number of carbonyl (C=O) groups excluding carboxylic acids is 2. The molecule has 2 unspecified atom stereocenters. The Bertz CT molecular complexity index is 2240. The molecule has 2 aromatic heterocycles. The minimum Gasteiger partial charge on any atom is -0.497 e. The number of aromatic nitrogens is 2. The van der Waals surface area contributed by atoms with Crippen molar-refractivity contribution < 1.29 is 37.4 Å². The summed E-state index contributed by atoms with van der Waals surface area (Å²) in [6.07, 6.45) is 8.06. The molecule has 62 heavy (non-hydrogen) atoms. The molecule has 1 aliphatic carbocycles. The van der Waals surface area contributed by atoms with Crippen LogP contribution >= 0.6 is 11.3 Å². The smallest absolute Gasteiger partial charge is 0.330 e. The fraction of sp³-hybridized carbons (Fsp3) is 0.614. The number of likely N-dealkylation sites (N-methyl/N-ethyl adjacent to an activating group) is 1. The molecule has 0 spiro atoms. The van der Waals surface area contributed by atoms with E-state index in [0.29, 0.717) is 40.2 Å². The molecule has 3 aliphatic rings. The standard InChI is InChI=1S/C44H64N8O8S2/c1-26(2)45-42-49-35(25-61-42)34-21-37(31-18-17-29(59-8)19-33(31)48-34)60-30-20-36-39(53)50-44(41(55)56)22-28(44)15-13-11-10-12-14-16-32(40(54)52(36)23-30)46-27(3)47-38(43(4,5)6)24-51(7)62(9,57)58/h13,15,17-19,21,25-28,30,32,36,38,46-47H,10-12,14,16,20,22-24H2,1-9H3,(H,45,49)(H,50,53)(H,55,56)/b15-13-/t27?,28?,30-,32+,36+,38-,44-/m1/s1. The van der Waals surface area contributed by atoms with E-state index in [2.05, 4.69) is 21.3 Å². The van der Waals surface area contributed by atoms with Gasteiger partial charge < -0.3 is 30.1 Å². The summed E-state index contributed by atoms with van der Waals surface area (Å²) in [5.41, 5.74) is 0.0515. The normalized spacial score (nSPS) is 25.3. The predicted molar refractivity (Wildman–Crippen MR) is 242 cm³/mol. The van der Waals surface area contributed by atoms with Gasteiger partial charge in [-0.15, -0.1) is 11.3 Å². The van der Waals surface area contributed by atoms with Crippen molar-refractivity contribution in [3.63, 3.8) is 0 Å². The van der Waals surface area contributed by atoms with E-state index in [1.807, 2.05) is 83.3 Å². The first-order chi connectivity index (χ1) is 29.2. The van der Waals surface area contributed by atoms with E-state index in [1.165, 1.54) is 21.9 Å². The van der Waals surface area contributed by atoms with Crippen LogP contribution in [0.4, 0.5) is 5.13 Å². The second-order valence-electron chi connectivity index (χ2n) is 18.4. The van der Waals surface area contributed by atoms with Crippen molar-refractivity contribution in [3.05, 3.63) is 41.8 Å². The Kier molecular flexibility index (Phi) is 14.6. The minimum absolute atomic E-state index is 0.0680. The Hall–Kier alpha value is -4.36. The Labute approximate surface area is 369 Å². The SMILES string of the molecule is COc1ccc2c(O[C@@H]3C[C@H]4C(=O)N[C@]5(C(=O)O)CC5/C=C\CCCCC[C@H](NC(C)N[C@H](CN(C)S(C)(=O)=O)C(C)(C)C)C(=O)N4C3)cc(-c3csc(NC(C)C)n3)nc2c1. The number of carboxylic acid groups (broad SMARTS) is 1. The number of pyridine rings is 1. The molecule has 0 bridgehead atoms. The molecule has 1 saturated heterocycles. The lowest BCUT2D eigenvalue weighted by atomic mass is 9.86. The van der Waals surface area contributed by atoms with Crippen LogP contribution in [0.5, 0.6) is 11.5 Å². The van der Waals surface area contributed by atoms with E-state index in [-0.39, 0.29) is 55.3 Å². The molecule has 1 aromatic carbocycles. The van der Waals surface area contributed by atoms with Gasteiger partial charge in [-0.1, -0.05) is 45.8 Å². The molecule has 6 rings (SSSR count). The van der Waals surface area contributed by atoms with Gasteiger partial charge in [-0.2, -0.15) is 0 Å². The highest BCUT2D eigenvalue weighted by atomic mass is 32.2. The van der Waals surface area contributed by atoms with Gasteiger partial charge in [-0.05, 0) is 64.0 Å². The zero-order chi connectivity index (χ0) is 45.1. The summed E-state index contributed by atoms with van der Waals surface area (Å²) < 4.78 is 38.4. The van der Waals surface area contributed by atoms with Crippen LogP contribution in [0.3, 0.4) is 0 Å². The molecule has 5 N–H and O–H groups in total. The third kappa shape index (κ3) is 11.2. The summed E-state index contributed by atoms with van der Waals surface area (Å²) in [5, 5.41) is 27.0. The number of rotatable bonds is 14. The van der Waals surface area contributed by atoms with Crippen molar-refractivity contribution in [1.82, 2.24) is 35.1 Å². The molecule has 16 nitrogen and oxygen atoms in total. The number of carboxylic acids is 1. The quantitative estimate of drug-likeness (QED) is 0.104. The average molecular weight is 897 g/mol. The van der Waals surface area contributed by atoms with Crippen molar-refractivity contribution in [1.29, 1.82) is 0 Å². The summed E-state index contributed by atoms with van der Waals surface area (Å²) in [5.74, 6) is -1.20. The molecule has 0 radical (unpaired) electrons. The highest BCUT2D eigenvalue weighted by Gasteiger charge is 2.61.